The van der Waals surface area contributed by atoms with Crippen LogP contribution < -0.4 is 5.32 Å². The number of nitrogens with one attached hydrogen (secondary N) is 1. The van der Waals surface area contributed by atoms with Crippen LogP contribution in [0.2, 0.25) is 5.02 Å². The normalized spacial score (nSPS) is 20.4. The zero-order valence-electron chi connectivity index (χ0n) is 12.7. The van der Waals surface area contributed by atoms with E-state index in [1.807, 2.05) is 0 Å². The Labute approximate surface area is 141 Å². The molecule has 0 aromatic heterocycles. The van der Waals surface area contributed by atoms with Gasteiger partial charge in [0.05, 0.1) is 23.8 Å². The number of anilines is 1. The molecule has 1 spiro atoms. The van der Waals surface area contributed by atoms with Crippen LogP contribution in [0, 0.1) is 0 Å². The van der Waals surface area contributed by atoms with Gasteiger partial charge in [0.15, 0.2) is 5.79 Å². The average Bonchev–Trinajstić information content (AvgIpc) is 2.97. The Kier molecular flexibility index (Phi) is 4.63. The molecule has 2 fully saturated rings. The molecule has 2 amide bonds. The number of halogens is 4. The molecular weight excluding hydrogens is 349 g/mol. The Morgan fingerprint density at radius 2 is 1.83 bits per heavy atom. The molecule has 1 N–H and O–H groups in total. The van der Waals surface area contributed by atoms with E-state index in [4.69, 9.17) is 21.1 Å². The van der Waals surface area contributed by atoms with Crippen molar-refractivity contribution in [3.05, 3.63) is 28.8 Å². The largest absolute Gasteiger partial charge is 0.417 e. The number of carbonyl (C=O) groups is 1. The molecule has 0 bridgehead atoms. The smallest absolute Gasteiger partial charge is 0.347 e. The lowest BCUT2D eigenvalue weighted by atomic mass is 10.0. The maximum Gasteiger partial charge on any atom is 0.417 e. The van der Waals surface area contributed by atoms with E-state index in [2.05, 4.69) is 5.32 Å². The molecule has 2 aliphatic heterocycles. The van der Waals surface area contributed by atoms with Crippen LogP contribution in [-0.2, 0) is 15.7 Å². The minimum atomic E-state index is -4.58. The zero-order valence-corrected chi connectivity index (χ0v) is 13.4. The SMILES string of the molecule is O=C(Nc1ccc(Cl)c(C(F)(F)F)c1)N1CCC2(CC1)OCCO2. The Bertz CT molecular complexity index is 623. The third-order valence-corrected chi connectivity index (χ3v) is 4.48. The molecule has 132 valence electrons. The molecular formula is C15H16ClF3N2O3. The van der Waals surface area contributed by atoms with Crippen molar-refractivity contribution in [3.8, 4) is 0 Å². The van der Waals surface area contributed by atoms with E-state index in [0.29, 0.717) is 39.1 Å². The van der Waals surface area contributed by atoms with Gasteiger partial charge in [-0.05, 0) is 18.2 Å². The predicted molar refractivity (Wildman–Crippen MR) is 80.9 cm³/mol. The maximum atomic E-state index is 12.9. The average molecular weight is 365 g/mol. The summed E-state index contributed by atoms with van der Waals surface area (Å²) in [7, 11) is 0. The van der Waals surface area contributed by atoms with Crippen LogP contribution in [0.1, 0.15) is 18.4 Å². The van der Waals surface area contributed by atoms with E-state index in [9.17, 15) is 18.0 Å². The van der Waals surface area contributed by atoms with Gasteiger partial charge in [0.25, 0.3) is 0 Å². The van der Waals surface area contributed by atoms with Crippen LogP contribution in [0.15, 0.2) is 18.2 Å². The second-order valence-electron chi connectivity index (χ2n) is 5.72. The second kappa shape index (κ2) is 6.42. The summed E-state index contributed by atoms with van der Waals surface area (Å²) in [6.45, 7) is 1.89. The van der Waals surface area contributed by atoms with E-state index in [1.165, 1.54) is 11.0 Å². The van der Waals surface area contributed by atoms with Gasteiger partial charge in [-0.15, -0.1) is 0 Å². The molecule has 2 saturated heterocycles. The van der Waals surface area contributed by atoms with Crippen LogP contribution in [0.25, 0.3) is 0 Å². The van der Waals surface area contributed by atoms with Crippen molar-refractivity contribution in [1.29, 1.82) is 0 Å². The van der Waals surface area contributed by atoms with E-state index in [-0.39, 0.29) is 5.69 Å². The minimum absolute atomic E-state index is 0.0466. The van der Waals surface area contributed by atoms with Gasteiger partial charge < -0.3 is 19.7 Å². The quantitative estimate of drug-likeness (QED) is 0.826. The summed E-state index contributed by atoms with van der Waals surface area (Å²) in [6.07, 6.45) is -3.50. The first-order valence-electron chi connectivity index (χ1n) is 7.50. The van der Waals surface area contributed by atoms with Gasteiger partial charge in [-0.3, -0.25) is 0 Å². The number of urea groups is 1. The first-order chi connectivity index (χ1) is 11.3. The van der Waals surface area contributed by atoms with Crippen molar-refractivity contribution >= 4 is 23.3 Å². The molecule has 2 aliphatic rings. The fourth-order valence-corrected chi connectivity index (χ4v) is 3.08. The van der Waals surface area contributed by atoms with Gasteiger partial charge in [0, 0.05) is 31.6 Å². The Morgan fingerprint density at radius 3 is 2.42 bits per heavy atom. The molecule has 1 aromatic rings. The maximum absolute atomic E-state index is 12.9. The lowest BCUT2D eigenvalue weighted by Crippen LogP contribution is -2.48. The number of alkyl halides is 3. The van der Waals surface area contributed by atoms with Gasteiger partial charge in [0.1, 0.15) is 0 Å². The molecule has 5 nitrogen and oxygen atoms in total. The highest BCUT2D eigenvalue weighted by Crippen LogP contribution is 2.36. The monoisotopic (exact) mass is 364 g/mol. The number of ether oxygens (including phenoxy) is 2. The van der Waals surface area contributed by atoms with Gasteiger partial charge in [-0.2, -0.15) is 13.2 Å². The van der Waals surface area contributed by atoms with Gasteiger partial charge in [0.2, 0.25) is 0 Å². The van der Waals surface area contributed by atoms with Gasteiger partial charge in [-0.1, -0.05) is 11.6 Å². The van der Waals surface area contributed by atoms with Gasteiger partial charge in [-0.25, -0.2) is 4.79 Å². The van der Waals surface area contributed by atoms with Crippen molar-refractivity contribution in [1.82, 2.24) is 4.90 Å². The van der Waals surface area contributed by atoms with Crippen LogP contribution in [0.5, 0.6) is 0 Å². The van der Waals surface area contributed by atoms with Crippen molar-refractivity contribution in [2.75, 3.05) is 31.6 Å². The first kappa shape index (κ1) is 17.3. The summed E-state index contributed by atoms with van der Waals surface area (Å²) < 4.78 is 49.7. The number of rotatable bonds is 1. The van der Waals surface area contributed by atoms with Crippen molar-refractivity contribution < 1.29 is 27.4 Å². The number of hydrogen-bond acceptors (Lipinski definition) is 3. The highest BCUT2D eigenvalue weighted by atomic mass is 35.5. The summed E-state index contributed by atoms with van der Waals surface area (Å²) in [6, 6.07) is 2.82. The summed E-state index contributed by atoms with van der Waals surface area (Å²) >= 11 is 5.56. The highest BCUT2D eigenvalue weighted by Gasteiger charge is 2.41. The summed E-state index contributed by atoms with van der Waals surface area (Å²) in [5.41, 5.74) is -0.933. The number of carbonyl (C=O) groups excluding carboxylic acids is 1. The third kappa shape index (κ3) is 3.60. The molecule has 0 unspecified atom stereocenters. The lowest BCUT2D eigenvalue weighted by molar-refractivity contribution is -0.181. The van der Waals surface area contributed by atoms with E-state index in [0.717, 1.165) is 12.1 Å². The number of piperidine rings is 1. The molecule has 2 heterocycles. The second-order valence-corrected chi connectivity index (χ2v) is 6.12. The Morgan fingerprint density at radius 1 is 1.21 bits per heavy atom. The molecule has 0 atom stereocenters. The lowest BCUT2D eigenvalue weighted by Gasteiger charge is -2.37. The molecule has 1 aromatic carbocycles. The van der Waals surface area contributed by atoms with E-state index in [1.54, 1.807) is 0 Å². The Hall–Kier alpha value is -1.51. The Balaban J connectivity index is 1.63. The molecule has 3 rings (SSSR count). The van der Waals surface area contributed by atoms with Crippen LogP contribution >= 0.6 is 11.6 Å². The van der Waals surface area contributed by atoms with Gasteiger partial charge >= 0.3 is 12.2 Å². The van der Waals surface area contributed by atoms with Crippen LogP contribution in [0.4, 0.5) is 23.7 Å². The standard InChI is InChI=1S/C15H16ClF3N2O3/c16-12-2-1-10(9-11(12)15(17,18)19)20-13(22)21-5-3-14(4-6-21)23-7-8-24-14/h1-2,9H,3-8H2,(H,20,22). The molecule has 0 radical (unpaired) electrons. The molecule has 24 heavy (non-hydrogen) atoms. The summed E-state index contributed by atoms with van der Waals surface area (Å²) in [4.78, 5) is 13.8. The third-order valence-electron chi connectivity index (χ3n) is 4.15. The number of likely N-dealkylation sites (tertiary alicyclic amines) is 1. The topological polar surface area (TPSA) is 50.8 Å². The minimum Gasteiger partial charge on any atom is -0.347 e. The summed E-state index contributed by atoms with van der Waals surface area (Å²) in [5, 5.41) is 2.07. The molecule has 0 aliphatic carbocycles. The van der Waals surface area contributed by atoms with E-state index < -0.39 is 28.6 Å². The fourth-order valence-electron chi connectivity index (χ4n) is 2.86. The molecule has 0 saturated carbocycles. The number of nitrogens with zero attached hydrogens (tertiary/aromatic N) is 1. The zero-order chi connectivity index (χ0) is 17.4. The van der Waals surface area contributed by atoms with Crippen molar-refractivity contribution in [2.45, 2.75) is 24.8 Å². The number of benzene rings is 1. The molecule has 9 heteroatoms. The highest BCUT2D eigenvalue weighted by molar-refractivity contribution is 6.31. The van der Waals surface area contributed by atoms with Crippen LogP contribution in [0.3, 0.4) is 0 Å². The van der Waals surface area contributed by atoms with E-state index >= 15 is 0 Å². The van der Waals surface area contributed by atoms with Crippen molar-refractivity contribution in [2.24, 2.45) is 0 Å². The number of amides is 2. The van der Waals surface area contributed by atoms with Crippen LogP contribution in [-0.4, -0.2) is 43.0 Å². The number of hydrogen-bond donors (Lipinski definition) is 1. The summed E-state index contributed by atoms with van der Waals surface area (Å²) in [5.74, 6) is -0.611. The first-order valence-corrected chi connectivity index (χ1v) is 7.87. The fraction of sp³-hybridized carbons (Fsp3) is 0.533. The predicted octanol–water partition coefficient (Wildman–Crippen LogP) is 3.73. The van der Waals surface area contributed by atoms with Crippen molar-refractivity contribution in [3.63, 3.8) is 0 Å².